The summed E-state index contributed by atoms with van der Waals surface area (Å²) in [5, 5.41) is 1.30. The summed E-state index contributed by atoms with van der Waals surface area (Å²) >= 11 is 0.515. The molecule has 14 heavy (non-hydrogen) atoms. The average Bonchev–Trinajstić information content (AvgIpc) is 2.86. The van der Waals surface area contributed by atoms with E-state index in [4.69, 9.17) is 0 Å². The number of benzene rings is 1. The van der Waals surface area contributed by atoms with Crippen molar-refractivity contribution < 1.29 is 0 Å². The molecular weight excluding hydrogens is 237 g/mol. The fourth-order valence-electron chi connectivity index (χ4n) is 1.64. The van der Waals surface area contributed by atoms with Crippen LogP contribution in [0.2, 0.25) is 0 Å². The van der Waals surface area contributed by atoms with Crippen LogP contribution < -0.4 is 0 Å². The van der Waals surface area contributed by atoms with E-state index in [1.807, 2.05) is 0 Å². The van der Waals surface area contributed by atoms with E-state index in [-0.39, 0.29) is 0 Å². The van der Waals surface area contributed by atoms with Crippen LogP contribution in [0.15, 0.2) is 47.4 Å². The molecule has 0 fully saturated rings. The molecule has 0 amide bonds. The first-order valence-electron chi connectivity index (χ1n) is 4.55. The Kier molecular flexibility index (Phi) is 1.83. The minimum atomic E-state index is 0.515. The molecular formula is C12H9NSe. The van der Waals surface area contributed by atoms with Gasteiger partial charge in [-0.2, -0.15) is 0 Å². The summed E-state index contributed by atoms with van der Waals surface area (Å²) in [5.74, 6) is 0. The number of hydrogen-bond donors (Lipinski definition) is 1. The Hall–Kier alpha value is -1.24. The number of rotatable bonds is 1. The zero-order chi connectivity index (χ0) is 9.38. The number of fused-ring (bicyclic) bond motifs is 1. The van der Waals surface area contributed by atoms with Crippen LogP contribution >= 0.6 is 0 Å². The van der Waals surface area contributed by atoms with Crippen LogP contribution in [0.5, 0.6) is 0 Å². The van der Waals surface area contributed by atoms with E-state index in [1.54, 1.807) is 0 Å². The van der Waals surface area contributed by atoms with Gasteiger partial charge < -0.3 is 0 Å². The molecule has 0 bridgehead atoms. The molecule has 3 rings (SSSR count). The standard InChI is InChI=1S/C12H9NSe/c1-2-5-10-9(4-1)8-11(13-10)12-6-3-7-14-12/h1-8,13H. The molecule has 0 aliphatic rings. The summed E-state index contributed by atoms with van der Waals surface area (Å²) in [6.07, 6.45) is 0. The number of aromatic nitrogens is 1. The van der Waals surface area contributed by atoms with Crippen LogP contribution in [0.25, 0.3) is 21.0 Å². The Morgan fingerprint density at radius 1 is 1.00 bits per heavy atom. The quantitative estimate of drug-likeness (QED) is 0.635. The molecule has 2 heterocycles. The van der Waals surface area contributed by atoms with E-state index in [0.29, 0.717) is 14.5 Å². The van der Waals surface area contributed by atoms with Crippen LogP contribution in [0.1, 0.15) is 0 Å². The van der Waals surface area contributed by atoms with Crippen molar-refractivity contribution >= 4 is 25.4 Å². The Balaban J connectivity index is 2.24. The second kappa shape index (κ2) is 3.16. The third kappa shape index (κ3) is 1.24. The first-order valence-corrected chi connectivity index (χ1v) is 6.40. The normalized spacial score (nSPS) is 10.9. The van der Waals surface area contributed by atoms with Gasteiger partial charge in [0.2, 0.25) is 0 Å². The Bertz CT molecular complexity index is 515. The number of nitrogens with one attached hydrogen (secondary N) is 1. The second-order valence-corrected chi connectivity index (χ2v) is 5.24. The van der Waals surface area contributed by atoms with E-state index >= 15 is 0 Å². The van der Waals surface area contributed by atoms with Crippen LogP contribution in [-0.2, 0) is 0 Å². The zero-order valence-corrected chi connectivity index (χ0v) is 9.24. The number of aromatic amines is 1. The Morgan fingerprint density at radius 2 is 1.93 bits per heavy atom. The van der Waals surface area contributed by atoms with Gasteiger partial charge in [0, 0.05) is 0 Å². The molecule has 3 aromatic rings. The summed E-state index contributed by atoms with van der Waals surface area (Å²) in [6, 6.07) is 15.0. The predicted molar refractivity (Wildman–Crippen MR) is 60.7 cm³/mol. The van der Waals surface area contributed by atoms with E-state index in [2.05, 4.69) is 52.4 Å². The van der Waals surface area contributed by atoms with Crippen LogP contribution in [0.4, 0.5) is 0 Å². The van der Waals surface area contributed by atoms with E-state index in [9.17, 15) is 0 Å². The molecule has 2 heteroatoms. The van der Waals surface area contributed by atoms with Gasteiger partial charge in [-0.3, -0.25) is 0 Å². The van der Waals surface area contributed by atoms with Crippen molar-refractivity contribution in [2.75, 3.05) is 0 Å². The van der Waals surface area contributed by atoms with Crippen LogP contribution in [0, 0.1) is 0 Å². The van der Waals surface area contributed by atoms with Crippen molar-refractivity contribution in [1.29, 1.82) is 0 Å². The molecule has 0 saturated carbocycles. The average molecular weight is 246 g/mol. The molecule has 0 saturated heterocycles. The van der Waals surface area contributed by atoms with Gasteiger partial charge in [0.25, 0.3) is 0 Å². The molecule has 0 spiro atoms. The minimum absolute atomic E-state index is 0.515. The Labute approximate surface area is 88.1 Å². The summed E-state index contributed by atoms with van der Waals surface area (Å²) in [6.45, 7) is 0. The molecule has 68 valence electrons. The van der Waals surface area contributed by atoms with Gasteiger partial charge in [-0.1, -0.05) is 0 Å². The van der Waals surface area contributed by atoms with Gasteiger partial charge >= 0.3 is 87.9 Å². The van der Waals surface area contributed by atoms with E-state index < -0.39 is 0 Å². The summed E-state index contributed by atoms with van der Waals surface area (Å²) in [5.41, 5.74) is 2.50. The SMILES string of the molecule is c1c[se]c(-c2cc3ccccc3[nH]2)c1. The third-order valence-electron chi connectivity index (χ3n) is 2.32. The number of para-hydroxylation sites is 1. The van der Waals surface area contributed by atoms with Crippen molar-refractivity contribution in [1.82, 2.24) is 4.98 Å². The second-order valence-electron chi connectivity index (χ2n) is 3.25. The monoisotopic (exact) mass is 247 g/mol. The molecule has 1 N–H and O–H groups in total. The van der Waals surface area contributed by atoms with Crippen molar-refractivity contribution in [3.8, 4) is 10.1 Å². The van der Waals surface area contributed by atoms with Gasteiger partial charge in [0.15, 0.2) is 0 Å². The molecule has 0 aliphatic heterocycles. The van der Waals surface area contributed by atoms with E-state index in [1.165, 1.54) is 21.0 Å². The van der Waals surface area contributed by atoms with Crippen molar-refractivity contribution in [2.24, 2.45) is 0 Å². The predicted octanol–water partition coefficient (Wildman–Crippen LogP) is 2.89. The fraction of sp³-hybridized carbons (Fsp3) is 0. The first kappa shape index (κ1) is 8.10. The third-order valence-corrected chi connectivity index (χ3v) is 4.21. The van der Waals surface area contributed by atoms with Crippen LogP contribution in [-0.4, -0.2) is 19.5 Å². The number of H-pyrrole nitrogens is 1. The molecule has 0 unspecified atom stereocenters. The number of hydrogen-bond acceptors (Lipinski definition) is 0. The van der Waals surface area contributed by atoms with Gasteiger partial charge in [0.05, 0.1) is 0 Å². The molecule has 0 radical (unpaired) electrons. The molecule has 0 aliphatic carbocycles. The van der Waals surface area contributed by atoms with Crippen molar-refractivity contribution in [3.05, 3.63) is 47.4 Å². The van der Waals surface area contributed by atoms with Gasteiger partial charge in [-0.25, -0.2) is 0 Å². The zero-order valence-electron chi connectivity index (χ0n) is 7.53. The summed E-state index contributed by atoms with van der Waals surface area (Å²) < 4.78 is 1.44. The van der Waals surface area contributed by atoms with Crippen molar-refractivity contribution in [3.63, 3.8) is 0 Å². The van der Waals surface area contributed by atoms with Crippen LogP contribution in [0.3, 0.4) is 0 Å². The Morgan fingerprint density at radius 3 is 2.71 bits per heavy atom. The maximum atomic E-state index is 3.44. The molecule has 0 atom stereocenters. The van der Waals surface area contributed by atoms with Gasteiger partial charge in [-0.05, 0) is 0 Å². The molecule has 2 aromatic heterocycles. The topological polar surface area (TPSA) is 15.8 Å². The summed E-state index contributed by atoms with van der Waals surface area (Å²) in [7, 11) is 0. The fourth-order valence-corrected chi connectivity index (χ4v) is 3.10. The summed E-state index contributed by atoms with van der Waals surface area (Å²) in [4.78, 5) is 5.69. The first-order chi connectivity index (χ1) is 6.93. The van der Waals surface area contributed by atoms with E-state index in [0.717, 1.165) is 0 Å². The van der Waals surface area contributed by atoms with Gasteiger partial charge in [-0.15, -0.1) is 0 Å². The van der Waals surface area contributed by atoms with Gasteiger partial charge in [0.1, 0.15) is 0 Å². The molecule has 1 nitrogen and oxygen atoms in total. The van der Waals surface area contributed by atoms with Crippen molar-refractivity contribution in [2.45, 2.75) is 0 Å². The molecule has 1 aromatic carbocycles. The maximum absolute atomic E-state index is 3.44.